The van der Waals surface area contributed by atoms with Crippen molar-refractivity contribution in [3.63, 3.8) is 0 Å². The Kier molecular flexibility index (Phi) is 3.01. The summed E-state index contributed by atoms with van der Waals surface area (Å²) in [4.78, 5) is 17.4. The van der Waals surface area contributed by atoms with Crippen LogP contribution in [0.2, 0.25) is 0 Å². The first-order valence-corrected chi connectivity index (χ1v) is 8.11. The fourth-order valence-corrected chi connectivity index (χ4v) is 4.09. The highest BCUT2D eigenvalue weighted by Crippen LogP contribution is 2.39. The number of rotatable bonds is 2. The number of nitrogens with zero attached hydrogens (tertiary/aromatic N) is 4. The molecular weight excluding hydrogens is 276 g/mol. The summed E-state index contributed by atoms with van der Waals surface area (Å²) < 4.78 is 1.80. The molecule has 4 rings (SSSR count). The molecule has 2 aliphatic heterocycles. The zero-order valence-corrected chi connectivity index (χ0v) is 13.2. The van der Waals surface area contributed by atoms with Crippen molar-refractivity contribution in [3.05, 3.63) is 30.0 Å². The number of fused-ring (bicyclic) bond motifs is 1. The molecule has 2 aliphatic rings. The highest BCUT2D eigenvalue weighted by Gasteiger charge is 2.49. The number of likely N-dealkylation sites (N-methyl/N-ethyl adjacent to an activating group) is 1. The van der Waals surface area contributed by atoms with Crippen LogP contribution in [0.4, 0.5) is 0 Å². The fraction of sp³-hybridized carbons (Fsp3) is 0.529. The molecule has 0 radical (unpaired) electrons. The van der Waals surface area contributed by atoms with Gasteiger partial charge in [-0.15, -0.1) is 0 Å². The van der Waals surface area contributed by atoms with E-state index in [0.717, 1.165) is 37.0 Å². The number of hydrogen-bond donors (Lipinski definition) is 0. The second-order valence-electron chi connectivity index (χ2n) is 6.52. The third-order valence-electron chi connectivity index (χ3n) is 5.48. The number of likely N-dealkylation sites (tertiary alicyclic amines) is 2. The Hall–Kier alpha value is -1.88. The van der Waals surface area contributed by atoms with Crippen molar-refractivity contribution >= 4 is 16.8 Å². The van der Waals surface area contributed by atoms with Crippen molar-refractivity contribution in [2.24, 2.45) is 7.05 Å². The summed E-state index contributed by atoms with van der Waals surface area (Å²) in [6, 6.07) is 7.95. The van der Waals surface area contributed by atoms with Gasteiger partial charge >= 0.3 is 0 Å². The summed E-state index contributed by atoms with van der Waals surface area (Å²) in [6.45, 7) is 6.15. The molecule has 1 aromatic carbocycles. The molecule has 1 unspecified atom stereocenters. The van der Waals surface area contributed by atoms with Crippen LogP contribution in [0.25, 0.3) is 10.9 Å². The van der Waals surface area contributed by atoms with Crippen molar-refractivity contribution in [2.45, 2.75) is 25.3 Å². The van der Waals surface area contributed by atoms with E-state index in [0.29, 0.717) is 5.69 Å². The lowest BCUT2D eigenvalue weighted by Gasteiger charge is -2.50. The summed E-state index contributed by atoms with van der Waals surface area (Å²) in [6.07, 6.45) is 2.31. The second kappa shape index (κ2) is 4.81. The van der Waals surface area contributed by atoms with Gasteiger partial charge in [0.05, 0.1) is 5.52 Å². The van der Waals surface area contributed by atoms with Crippen LogP contribution in [0.3, 0.4) is 0 Å². The van der Waals surface area contributed by atoms with E-state index in [4.69, 9.17) is 0 Å². The minimum atomic E-state index is 0.0802. The van der Waals surface area contributed by atoms with Crippen molar-refractivity contribution < 1.29 is 4.79 Å². The minimum Gasteiger partial charge on any atom is -0.335 e. The Morgan fingerprint density at radius 1 is 1.27 bits per heavy atom. The summed E-state index contributed by atoms with van der Waals surface area (Å²) in [5.41, 5.74) is 1.85. The molecule has 5 heteroatoms. The number of amides is 1. The molecule has 0 saturated carbocycles. The maximum Gasteiger partial charge on any atom is 0.275 e. The van der Waals surface area contributed by atoms with E-state index in [2.05, 4.69) is 16.9 Å². The summed E-state index contributed by atoms with van der Waals surface area (Å²) in [7, 11) is 1.90. The quantitative estimate of drug-likeness (QED) is 0.850. The molecular formula is C17H22N4O. The molecule has 2 fully saturated rings. The zero-order chi connectivity index (χ0) is 15.3. The van der Waals surface area contributed by atoms with Crippen LogP contribution in [0.15, 0.2) is 24.3 Å². The van der Waals surface area contributed by atoms with Gasteiger partial charge in [-0.05, 0) is 25.5 Å². The predicted octanol–water partition coefficient (Wildman–Crippen LogP) is 1.88. The van der Waals surface area contributed by atoms with Crippen LogP contribution < -0.4 is 0 Å². The maximum absolute atomic E-state index is 12.9. The Bertz CT molecular complexity index is 735. The lowest BCUT2D eigenvalue weighted by molar-refractivity contribution is -0.000803. The number of carbonyl (C=O) groups is 1. The molecule has 0 aliphatic carbocycles. The van der Waals surface area contributed by atoms with Crippen molar-refractivity contribution in [1.29, 1.82) is 0 Å². The topological polar surface area (TPSA) is 41.4 Å². The van der Waals surface area contributed by atoms with Crippen LogP contribution in [0, 0.1) is 0 Å². The minimum absolute atomic E-state index is 0.0802. The second-order valence-corrected chi connectivity index (χ2v) is 6.52. The molecule has 3 heterocycles. The van der Waals surface area contributed by atoms with Gasteiger partial charge in [-0.3, -0.25) is 14.4 Å². The average Bonchev–Trinajstić information content (AvgIpc) is 3.11. The third-order valence-corrected chi connectivity index (χ3v) is 5.48. The maximum atomic E-state index is 12.9. The van der Waals surface area contributed by atoms with Gasteiger partial charge in [0, 0.05) is 37.6 Å². The van der Waals surface area contributed by atoms with Gasteiger partial charge < -0.3 is 4.90 Å². The first-order valence-electron chi connectivity index (χ1n) is 8.11. The van der Waals surface area contributed by atoms with Crippen LogP contribution in [-0.4, -0.2) is 57.2 Å². The lowest BCUT2D eigenvalue weighted by atomic mass is 9.84. The molecule has 1 spiro atoms. The molecule has 1 aromatic heterocycles. The number of aromatic nitrogens is 2. The average molecular weight is 298 g/mol. The lowest BCUT2D eigenvalue weighted by Crippen LogP contribution is -2.61. The van der Waals surface area contributed by atoms with Crippen molar-refractivity contribution in [1.82, 2.24) is 19.6 Å². The summed E-state index contributed by atoms with van der Waals surface area (Å²) in [5, 5.41) is 5.43. The standard InChI is InChI=1S/C17H22N4O/c1-3-21-11-9-17(21)8-10-20(12-17)16(22)15-13-6-4-5-7-14(13)19(2)18-15/h4-7H,3,8-12H2,1-2H3. The summed E-state index contributed by atoms with van der Waals surface area (Å²) >= 11 is 0. The monoisotopic (exact) mass is 298 g/mol. The molecule has 0 bridgehead atoms. The molecule has 0 N–H and O–H groups in total. The molecule has 1 atom stereocenters. The first-order chi connectivity index (χ1) is 10.6. The van der Waals surface area contributed by atoms with E-state index in [1.165, 1.54) is 13.0 Å². The number of carbonyl (C=O) groups excluding carboxylic acids is 1. The van der Waals surface area contributed by atoms with E-state index < -0.39 is 0 Å². The number of benzene rings is 1. The fourth-order valence-electron chi connectivity index (χ4n) is 4.09. The Labute approximate surface area is 130 Å². The first kappa shape index (κ1) is 13.8. The third kappa shape index (κ3) is 1.81. The highest BCUT2D eigenvalue weighted by atomic mass is 16.2. The highest BCUT2D eigenvalue weighted by molar-refractivity contribution is 6.05. The Balaban J connectivity index is 1.62. The molecule has 1 amide bonds. The number of hydrogen-bond acceptors (Lipinski definition) is 3. The van der Waals surface area contributed by atoms with Crippen LogP contribution in [-0.2, 0) is 7.05 Å². The van der Waals surface area contributed by atoms with E-state index >= 15 is 0 Å². The van der Waals surface area contributed by atoms with Gasteiger partial charge in [0.2, 0.25) is 0 Å². The Morgan fingerprint density at radius 2 is 2.05 bits per heavy atom. The molecule has 5 nitrogen and oxygen atoms in total. The Morgan fingerprint density at radius 3 is 2.77 bits per heavy atom. The number of aryl methyl sites for hydroxylation is 1. The van der Waals surface area contributed by atoms with E-state index in [9.17, 15) is 4.79 Å². The largest absolute Gasteiger partial charge is 0.335 e. The van der Waals surface area contributed by atoms with Crippen LogP contribution >= 0.6 is 0 Å². The van der Waals surface area contributed by atoms with Crippen molar-refractivity contribution in [2.75, 3.05) is 26.2 Å². The van der Waals surface area contributed by atoms with Gasteiger partial charge in [-0.25, -0.2) is 0 Å². The van der Waals surface area contributed by atoms with Gasteiger partial charge in [0.25, 0.3) is 5.91 Å². The van der Waals surface area contributed by atoms with E-state index in [1.807, 2.05) is 36.2 Å². The molecule has 116 valence electrons. The van der Waals surface area contributed by atoms with Gasteiger partial charge in [0.1, 0.15) is 0 Å². The summed E-state index contributed by atoms with van der Waals surface area (Å²) in [5.74, 6) is 0.0802. The molecule has 2 aromatic rings. The molecule has 2 saturated heterocycles. The smallest absolute Gasteiger partial charge is 0.275 e. The van der Waals surface area contributed by atoms with E-state index in [-0.39, 0.29) is 11.4 Å². The normalized spacial score (nSPS) is 25.1. The SMILES string of the molecule is CCN1CCC12CCN(C(=O)c1nn(C)c3ccccc13)C2. The molecule has 22 heavy (non-hydrogen) atoms. The number of para-hydroxylation sites is 1. The predicted molar refractivity (Wildman–Crippen MR) is 85.8 cm³/mol. The van der Waals surface area contributed by atoms with Gasteiger partial charge in [-0.1, -0.05) is 25.1 Å². The van der Waals surface area contributed by atoms with Crippen LogP contribution in [0.5, 0.6) is 0 Å². The van der Waals surface area contributed by atoms with Gasteiger partial charge in [-0.2, -0.15) is 5.10 Å². The van der Waals surface area contributed by atoms with Crippen LogP contribution in [0.1, 0.15) is 30.3 Å². The van der Waals surface area contributed by atoms with E-state index in [1.54, 1.807) is 4.68 Å². The zero-order valence-electron chi connectivity index (χ0n) is 13.2. The van der Waals surface area contributed by atoms with Gasteiger partial charge in [0.15, 0.2) is 5.69 Å². The van der Waals surface area contributed by atoms with Crippen molar-refractivity contribution in [3.8, 4) is 0 Å².